The standard InChI is InChI=1S/C4H4N2.C3H3N3/c1-2-4-6-5-3-1;1-4-2-6-3-5-1/h1-4H;1-3H. The van der Waals surface area contributed by atoms with Crippen LogP contribution in [0.3, 0.4) is 0 Å². The highest BCUT2D eigenvalue weighted by Crippen LogP contribution is 1.68. The first-order chi connectivity index (χ1) is 6.00. The average molecular weight is 161 g/mol. The van der Waals surface area contributed by atoms with Crippen molar-refractivity contribution < 1.29 is 0 Å². The van der Waals surface area contributed by atoms with E-state index in [-0.39, 0.29) is 0 Å². The number of hydrogen-bond donors (Lipinski definition) is 0. The van der Waals surface area contributed by atoms with Crippen molar-refractivity contribution in [2.24, 2.45) is 0 Å². The minimum absolute atomic E-state index is 1.44. The molecule has 60 valence electrons. The quantitative estimate of drug-likeness (QED) is 0.557. The van der Waals surface area contributed by atoms with Gasteiger partial charge in [-0.05, 0) is 12.1 Å². The summed E-state index contributed by atoms with van der Waals surface area (Å²) >= 11 is 0. The van der Waals surface area contributed by atoms with Gasteiger partial charge in [0.1, 0.15) is 19.0 Å². The van der Waals surface area contributed by atoms with Gasteiger partial charge < -0.3 is 0 Å². The zero-order chi connectivity index (χ0) is 8.49. The molecule has 12 heavy (non-hydrogen) atoms. The molecule has 2 aromatic rings. The molecule has 0 saturated carbocycles. The van der Waals surface area contributed by atoms with E-state index in [1.54, 1.807) is 12.4 Å². The summed E-state index contributed by atoms with van der Waals surface area (Å²) < 4.78 is 0. The Bertz CT molecular complexity index is 187. The van der Waals surface area contributed by atoms with E-state index in [2.05, 4.69) is 25.1 Å². The van der Waals surface area contributed by atoms with Gasteiger partial charge in [0.25, 0.3) is 0 Å². The summed E-state index contributed by atoms with van der Waals surface area (Å²) in [5.41, 5.74) is 0. The third-order valence-electron chi connectivity index (χ3n) is 0.883. The van der Waals surface area contributed by atoms with Gasteiger partial charge in [0.05, 0.1) is 0 Å². The smallest absolute Gasteiger partial charge is 0.119 e. The lowest BCUT2D eigenvalue weighted by molar-refractivity contribution is 1.03. The number of hydrogen-bond acceptors (Lipinski definition) is 5. The molecule has 0 aliphatic rings. The maximum Gasteiger partial charge on any atom is 0.119 e. The lowest BCUT2D eigenvalue weighted by atomic mass is 10.6. The van der Waals surface area contributed by atoms with Crippen LogP contribution in [0.25, 0.3) is 0 Å². The molecular formula is C7H7N5. The average Bonchev–Trinajstić information content (AvgIpc) is 2.24. The lowest BCUT2D eigenvalue weighted by Crippen LogP contribution is -1.73. The van der Waals surface area contributed by atoms with Crippen LogP contribution < -0.4 is 0 Å². The normalized spacial score (nSPS) is 8.00. The van der Waals surface area contributed by atoms with Crippen LogP contribution in [-0.2, 0) is 0 Å². The second-order valence-corrected chi connectivity index (χ2v) is 1.71. The topological polar surface area (TPSA) is 64.5 Å². The fraction of sp³-hybridized carbons (Fsp3) is 0. The predicted octanol–water partition coefficient (Wildman–Crippen LogP) is 0.348. The van der Waals surface area contributed by atoms with E-state index >= 15 is 0 Å². The molecule has 0 saturated heterocycles. The molecule has 0 aliphatic heterocycles. The minimum Gasteiger partial charge on any atom is -0.225 e. The van der Waals surface area contributed by atoms with Crippen molar-refractivity contribution in [2.75, 3.05) is 0 Å². The first-order valence-electron chi connectivity index (χ1n) is 3.27. The van der Waals surface area contributed by atoms with E-state index in [1.807, 2.05) is 12.1 Å². The molecule has 0 radical (unpaired) electrons. The summed E-state index contributed by atoms with van der Waals surface area (Å²) in [7, 11) is 0. The SMILES string of the molecule is c1ccnnc1.c1ncncn1. The summed E-state index contributed by atoms with van der Waals surface area (Å²) in [4.78, 5) is 10.7. The van der Waals surface area contributed by atoms with E-state index < -0.39 is 0 Å². The molecule has 0 aliphatic carbocycles. The number of aromatic nitrogens is 5. The maximum absolute atomic E-state index is 3.56. The van der Waals surface area contributed by atoms with Crippen LogP contribution in [-0.4, -0.2) is 25.1 Å². The Labute approximate surface area is 69.6 Å². The second-order valence-electron chi connectivity index (χ2n) is 1.71. The van der Waals surface area contributed by atoms with Crippen molar-refractivity contribution in [1.29, 1.82) is 0 Å². The first kappa shape index (κ1) is 8.19. The molecule has 0 spiro atoms. The molecule has 2 rings (SSSR count). The summed E-state index contributed by atoms with van der Waals surface area (Å²) in [6.45, 7) is 0. The third-order valence-corrected chi connectivity index (χ3v) is 0.883. The zero-order valence-corrected chi connectivity index (χ0v) is 6.28. The van der Waals surface area contributed by atoms with Crippen LogP contribution in [0.4, 0.5) is 0 Å². The Morgan fingerprint density at radius 2 is 1.00 bits per heavy atom. The van der Waals surface area contributed by atoms with Crippen LogP contribution >= 0.6 is 0 Å². The van der Waals surface area contributed by atoms with Gasteiger partial charge in [-0.25, -0.2) is 15.0 Å². The molecule has 0 aromatic carbocycles. The minimum atomic E-state index is 1.44. The van der Waals surface area contributed by atoms with Gasteiger partial charge in [-0.2, -0.15) is 10.2 Å². The Hall–Kier alpha value is -1.91. The Morgan fingerprint density at radius 1 is 0.583 bits per heavy atom. The molecule has 2 aromatic heterocycles. The van der Waals surface area contributed by atoms with Gasteiger partial charge in [-0.3, -0.25) is 0 Å². The van der Waals surface area contributed by atoms with Crippen molar-refractivity contribution in [3.63, 3.8) is 0 Å². The highest BCUT2D eigenvalue weighted by molar-refractivity contribution is 4.79. The van der Waals surface area contributed by atoms with E-state index in [0.29, 0.717) is 0 Å². The van der Waals surface area contributed by atoms with Crippen molar-refractivity contribution >= 4 is 0 Å². The maximum atomic E-state index is 3.56. The summed E-state index contributed by atoms with van der Waals surface area (Å²) in [5, 5.41) is 7.07. The van der Waals surface area contributed by atoms with Crippen LogP contribution in [0.2, 0.25) is 0 Å². The third kappa shape index (κ3) is 3.99. The fourth-order valence-corrected chi connectivity index (χ4v) is 0.458. The van der Waals surface area contributed by atoms with E-state index in [1.165, 1.54) is 19.0 Å². The molecule has 0 N–H and O–H groups in total. The van der Waals surface area contributed by atoms with Crippen LogP contribution in [0.15, 0.2) is 43.5 Å². The zero-order valence-electron chi connectivity index (χ0n) is 6.28. The molecule has 5 heteroatoms. The Kier molecular flexibility index (Phi) is 3.99. The molecule has 5 nitrogen and oxygen atoms in total. The van der Waals surface area contributed by atoms with Crippen LogP contribution in [0.1, 0.15) is 0 Å². The predicted molar refractivity (Wildman–Crippen MR) is 41.9 cm³/mol. The van der Waals surface area contributed by atoms with Gasteiger partial charge >= 0.3 is 0 Å². The number of rotatable bonds is 0. The van der Waals surface area contributed by atoms with E-state index in [9.17, 15) is 0 Å². The molecule has 0 fully saturated rings. The largest absolute Gasteiger partial charge is 0.225 e. The van der Waals surface area contributed by atoms with Gasteiger partial charge in [0.2, 0.25) is 0 Å². The van der Waals surface area contributed by atoms with Gasteiger partial charge in [-0.15, -0.1) is 0 Å². The van der Waals surface area contributed by atoms with Gasteiger partial charge in [0.15, 0.2) is 0 Å². The molecule has 0 atom stereocenters. The van der Waals surface area contributed by atoms with Crippen LogP contribution in [0, 0.1) is 0 Å². The molecule has 0 amide bonds. The van der Waals surface area contributed by atoms with Gasteiger partial charge in [0, 0.05) is 12.4 Å². The summed E-state index contributed by atoms with van der Waals surface area (Å²) in [6.07, 6.45) is 7.59. The monoisotopic (exact) mass is 161 g/mol. The van der Waals surface area contributed by atoms with Crippen molar-refractivity contribution in [3.05, 3.63) is 43.5 Å². The van der Waals surface area contributed by atoms with E-state index in [4.69, 9.17) is 0 Å². The molecule has 2 heterocycles. The molecule has 0 bridgehead atoms. The van der Waals surface area contributed by atoms with Crippen LogP contribution in [0.5, 0.6) is 0 Å². The summed E-state index contributed by atoms with van der Waals surface area (Å²) in [6, 6.07) is 3.65. The highest BCUT2D eigenvalue weighted by Gasteiger charge is 1.60. The van der Waals surface area contributed by atoms with Gasteiger partial charge in [-0.1, -0.05) is 0 Å². The summed E-state index contributed by atoms with van der Waals surface area (Å²) in [5.74, 6) is 0. The number of nitrogens with zero attached hydrogens (tertiary/aromatic N) is 5. The van der Waals surface area contributed by atoms with Crippen molar-refractivity contribution in [1.82, 2.24) is 25.1 Å². The first-order valence-corrected chi connectivity index (χ1v) is 3.27. The van der Waals surface area contributed by atoms with E-state index in [0.717, 1.165) is 0 Å². The molecule has 0 unspecified atom stereocenters. The second kappa shape index (κ2) is 5.84. The lowest BCUT2D eigenvalue weighted by Gasteiger charge is -1.69. The fourth-order valence-electron chi connectivity index (χ4n) is 0.458. The van der Waals surface area contributed by atoms with Crippen molar-refractivity contribution in [3.8, 4) is 0 Å². The Balaban J connectivity index is 0.000000120. The molecular weight excluding hydrogens is 154 g/mol. The van der Waals surface area contributed by atoms with Crippen molar-refractivity contribution in [2.45, 2.75) is 0 Å². The highest BCUT2D eigenvalue weighted by atomic mass is 15.1. The Morgan fingerprint density at radius 3 is 1.17 bits per heavy atom.